The van der Waals surface area contributed by atoms with E-state index >= 15 is 0 Å². The Labute approximate surface area is 201 Å². The molecule has 3 unspecified atom stereocenters. The summed E-state index contributed by atoms with van der Waals surface area (Å²) in [6.45, 7) is 7.36. The number of hydrogen-bond acceptors (Lipinski definition) is 5. The number of aryl methyl sites for hydroxylation is 2. The summed E-state index contributed by atoms with van der Waals surface area (Å²) in [5.74, 6) is 1.12. The van der Waals surface area contributed by atoms with E-state index in [1.807, 2.05) is 31.0 Å². The van der Waals surface area contributed by atoms with Crippen molar-refractivity contribution in [1.82, 2.24) is 19.6 Å². The molecule has 1 aromatic heterocycles. The van der Waals surface area contributed by atoms with Crippen molar-refractivity contribution >= 4 is 5.91 Å². The molecule has 3 fully saturated rings. The van der Waals surface area contributed by atoms with Crippen molar-refractivity contribution in [3.63, 3.8) is 0 Å². The van der Waals surface area contributed by atoms with Crippen LogP contribution in [0, 0.1) is 19.8 Å². The zero-order valence-corrected chi connectivity index (χ0v) is 20.3. The summed E-state index contributed by atoms with van der Waals surface area (Å²) in [5, 5.41) is 27.5. The summed E-state index contributed by atoms with van der Waals surface area (Å²) in [6.07, 6.45) is 9.22. The molecule has 0 spiro atoms. The fraction of sp³-hybridized carbons (Fsp3) is 0.630. The fourth-order valence-electron chi connectivity index (χ4n) is 7.09. The molecule has 2 aromatic rings. The van der Waals surface area contributed by atoms with E-state index in [9.17, 15) is 15.0 Å². The minimum Gasteiger partial charge on any atom is -0.508 e. The van der Waals surface area contributed by atoms with E-state index in [2.05, 4.69) is 16.1 Å². The Morgan fingerprint density at radius 1 is 1.15 bits per heavy atom. The standard InChI is InChI=1S/C27H36N4O3/c1-18-14-28-31(15-18)17-25(33)29-8-5-26-6-9-30(16-20-3-4-20)24(27(26,34)7-10-29)12-21-11-19(2)23(32)13-22(21)26/h11,13-15,20,24,32,34H,3-10,12,16-17H2,1-2H3. The fourth-order valence-corrected chi connectivity index (χ4v) is 7.09. The number of amides is 1. The molecule has 2 bridgehead atoms. The molecule has 7 heteroatoms. The number of nitrogens with zero attached hydrogens (tertiary/aromatic N) is 4. The van der Waals surface area contributed by atoms with E-state index in [0.717, 1.165) is 55.0 Å². The van der Waals surface area contributed by atoms with Crippen LogP contribution in [0.2, 0.25) is 0 Å². The maximum Gasteiger partial charge on any atom is 0.244 e. The van der Waals surface area contributed by atoms with Crippen LogP contribution in [0.3, 0.4) is 0 Å². The van der Waals surface area contributed by atoms with E-state index < -0.39 is 11.0 Å². The van der Waals surface area contributed by atoms with Crippen molar-refractivity contribution in [3.05, 3.63) is 46.8 Å². The van der Waals surface area contributed by atoms with Gasteiger partial charge in [-0.1, -0.05) is 6.07 Å². The molecule has 2 N–H and O–H groups in total. The predicted molar refractivity (Wildman–Crippen MR) is 129 cm³/mol. The molecular formula is C27H36N4O3. The van der Waals surface area contributed by atoms with Gasteiger partial charge >= 0.3 is 0 Å². The summed E-state index contributed by atoms with van der Waals surface area (Å²) in [5.41, 5.74) is 2.96. The summed E-state index contributed by atoms with van der Waals surface area (Å²) < 4.78 is 1.70. The van der Waals surface area contributed by atoms with Crippen LogP contribution in [0.5, 0.6) is 5.75 Å². The van der Waals surface area contributed by atoms with Crippen molar-refractivity contribution in [3.8, 4) is 5.75 Å². The number of carbonyl (C=O) groups is 1. The zero-order chi connectivity index (χ0) is 23.7. The van der Waals surface area contributed by atoms with E-state index in [0.29, 0.717) is 25.3 Å². The van der Waals surface area contributed by atoms with Crippen molar-refractivity contribution in [2.24, 2.45) is 5.92 Å². The number of piperidine rings is 1. The lowest BCUT2D eigenvalue weighted by molar-refractivity contribution is -0.149. The molecule has 3 atom stereocenters. The van der Waals surface area contributed by atoms with Gasteiger partial charge in [0.15, 0.2) is 0 Å². The number of phenolic OH excluding ortho intramolecular Hbond substituents is 1. The highest BCUT2D eigenvalue weighted by Gasteiger charge is 2.63. The normalized spacial score (nSPS) is 31.0. The molecule has 182 valence electrons. The maximum atomic E-state index is 13.2. The first-order valence-corrected chi connectivity index (χ1v) is 12.9. The number of benzene rings is 1. The van der Waals surface area contributed by atoms with Crippen LogP contribution in [-0.4, -0.2) is 73.5 Å². The van der Waals surface area contributed by atoms with E-state index in [4.69, 9.17) is 0 Å². The summed E-state index contributed by atoms with van der Waals surface area (Å²) in [7, 11) is 0. The Kier molecular flexibility index (Phi) is 5.08. The number of rotatable bonds is 4. The third kappa shape index (κ3) is 3.39. The first-order chi connectivity index (χ1) is 16.3. The lowest BCUT2D eigenvalue weighted by atomic mass is 9.52. The van der Waals surface area contributed by atoms with Gasteiger partial charge in [-0.2, -0.15) is 5.10 Å². The zero-order valence-electron chi connectivity index (χ0n) is 20.3. The second-order valence-corrected chi connectivity index (χ2v) is 11.3. The third-order valence-corrected chi connectivity index (χ3v) is 9.17. The second kappa shape index (κ2) is 7.82. The number of aromatic nitrogens is 2. The van der Waals surface area contributed by atoms with Crippen LogP contribution in [0.15, 0.2) is 24.5 Å². The molecule has 4 aliphatic rings. The number of aliphatic hydroxyl groups is 1. The summed E-state index contributed by atoms with van der Waals surface area (Å²) >= 11 is 0. The quantitative estimate of drug-likeness (QED) is 0.727. The van der Waals surface area contributed by atoms with Crippen molar-refractivity contribution in [1.29, 1.82) is 0 Å². The van der Waals surface area contributed by atoms with Crippen LogP contribution in [0.1, 0.15) is 54.4 Å². The molecule has 6 rings (SSSR count). The number of hydrogen-bond donors (Lipinski definition) is 2. The molecule has 1 amide bonds. The highest BCUT2D eigenvalue weighted by atomic mass is 16.3. The van der Waals surface area contributed by atoms with Gasteiger partial charge in [0.2, 0.25) is 5.91 Å². The van der Waals surface area contributed by atoms with Gasteiger partial charge in [-0.15, -0.1) is 0 Å². The lowest BCUT2D eigenvalue weighted by Crippen LogP contribution is -2.71. The van der Waals surface area contributed by atoms with Crippen LogP contribution in [0.4, 0.5) is 0 Å². The Balaban J connectivity index is 1.35. The van der Waals surface area contributed by atoms with Gasteiger partial charge in [0.1, 0.15) is 12.3 Å². The number of carbonyl (C=O) groups excluding carboxylic acids is 1. The van der Waals surface area contributed by atoms with Crippen LogP contribution < -0.4 is 0 Å². The molecule has 0 radical (unpaired) electrons. The van der Waals surface area contributed by atoms with Gasteiger partial charge in [-0.3, -0.25) is 14.4 Å². The topological polar surface area (TPSA) is 81.8 Å². The first-order valence-electron chi connectivity index (χ1n) is 12.9. The Bertz CT molecular complexity index is 1130. The van der Waals surface area contributed by atoms with Crippen LogP contribution in [-0.2, 0) is 23.2 Å². The molecule has 3 heterocycles. The number of aromatic hydroxyl groups is 1. The predicted octanol–water partition coefficient (Wildman–Crippen LogP) is 2.54. The summed E-state index contributed by atoms with van der Waals surface area (Å²) in [6, 6.07) is 4.11. The SMILES string of the molecule is Cc1cnn(CC(=O)N2CCC34CCN(CC5CC5)C(Cc5cc(C)c(O)cc53)C4(O)CC2)c1. The van der Waals surface area contributed by atoms with Gasteiger partial charge in [-0.25, -0.2) is 0 Å². The molecule has 7 nitrogen and oxygen atoms in total. The van der Waals surface area contributed by atoms with Crippen molar-refractivity contribution < 1.29 is 15.0 Å². The maximum absolute atomic E-state index is 13.2. The van der Waals surface area contributed by atoms with Gasteiger partial charge < -0.3 is 15.1 Å². The molecule has 2 aliphatic carbocycles. The summed E-state index contributed by atoms with van der Waals surface area (Å²) in [4.78, 5) is 17.7. The Morgan fingerprint density at radius 2 is 1.91 bits per heavy atom. The molecule has 2 aliphatic heterocycles. The van der Waals surface area contributed by atoms with Gasteiger partial charge in [-0.05, 0) is 93.2 Å². The largest absolute Gasteiger partial charge is 0.508 e. The molecular weight excluding hydrogens is 428 g/mol. The number of fused-ring (bicyclic) bond motifs is 1. The van der Waals surface area contributed by atoms with Crippen LogP contribution in [0.25, 0.3) is 0 Å². The molecule has 2 saturated heterocycles. The number of phenols is 1. The smallest absolute Gasteiger partial charge is 0.244 e. The minimum absolute atomic E-state index is 0.0538. The Morgan fingerprint density at radius 3 is 2.65 bits per heavy atom. The van der Waals surface area contributed by atoms with Gasteiger partial charge in [0, 0.05) is 37.3 Å². The molecule has 34 heavy (non-hydrogen) atoms. The third-order valence-electron chi connectivity index (χ3n) is 9.17. The van der Waals surface area contributed by atoms with Crippen LogP contribution >= 0.6 is 0 Å². The van der Waals surface area contributed by atoms with E-state index in [1.165, 1.54) is 18.4 Å². The monoisotopic (exact) mass is 464 g/mol. The van der Waals surface area contributed by atoms with Crippen molar-refractivity contribution in [2.45, 2.75) is 76.0 Å². The second-order valence-electron chi connectivity index (χ2n) is 11.3. The van der Waals surface area contributed by atoms with E-state index in [-0.39, 0.29) is 18.5 Å². The average Bonchev–Trinajstić information content (AvgIpc) is 3.55. The Hall–Kier alpha value is -2.38. The van der Waals surface area contributed by atoms with Gasteiger partial charge in [0.25, 0.3) is 0 Å². The van der Waals surface area contributed by atoms with Crippen molar-refractivity contribution in [2.75, 3.05) is 26.2 Å². The molecule has 1 saturated carbocycles. The first kappa shape index (κ1) is 22.1. The molecule has 1 aromatic carbocycles. The van der Waals surface area contributed by atoms with Gasteiger partial charge in [0.05, 0.1) is 11.8 Å². The number of likely N-dealkylation sites (tertiary alicyclic amines) is 2. The minimum atomic E-state index is -0.911. The highest BCUT2D eigenvalue weighted by Crippen LogP contribution is 2.57. The highest BCUT2D eigenvalue weighted by molar-refractivity contribution is 5.76. The lowest BCUT2D eigenvalue weighted by Gasteiger charge is -2.61. The van der Waals surface area contributed by atoms with E-state index in [1.54, 1.807) is 10.9 Å². The average molecular weight is 465 g/mol.